The molecule has 2 nitrogen and oxygen atoms in total. The molecule has 252 valence electrons. The van der Waals surface area contributed by atoms with Gasteiger partial charge >= 0.3 is 0 Å². The van der Waals surface area contributed by atoms with E-state index in [1.54, 1.807) is 0 Å². The van der Waals surface area contributed by atoms with Crippen LogP contribution in [0.1, 0.15) is 11.3 Å². The molecule has 0 saturated heterocycles. The number of hydrogen-bond donors (Lipinski definition) is 0. The lowest BCUT2D eigenvalue weighted by molar-refractivity contribution is 1.11. The van der Waals surface area contributed by atoms with E-state index in [2.05, 4.69) is 192 Å². The van der Waals surface area contributed by atoms with Gasteiger partial charge in [0.1, 0.15) is 0 Å². The van der Waals surface area contributed by atoms with Crippen LogP contribution in [-0.2, 0) is 0 Å². The van der Waals surface area contributed by atoms with Crippen LogP contribution in [0.4, 0.5) is 0 Å². The predicted octanol–water partition coefficient (Wildman–Crippen LogP) is 14.1. The van der Waals surface area contributed by atoms with Gasteiger partial charge in [-0.15, -0.1) is 0 Å². The SMILES string of the molecule is C=Cc1c(C=C)n(-c2cccc(-c3ccccc3)c2)c2ccc(-c3ccc4c(c3)c3c5cccc6c5c(cc3n4-c3ccccc3)-c3ccccc3-6)cc12. The molecule has 1 aliphatic carbocycles. The van der Waals surface area contributed by atoms with Crippen LogP contribution in [0.5, 0.6) is 0 Å². The topological polar surface area (TPSA) is 9.86 Å². The monoisotopic (exact) mass is 686 g/mol. The van der Waals surface area contributed by atoms with E-state index in [9.17, 15) is 0 Å². The average Bonchev–Trinajstić information content (AvgIpc) is 3.87. The quantitative estimate of drug-likeness (QED) is 0.165. The highest BCUT2D eigenvalue weighted by Gasteiger charge is 2.25. The molecule has 54 heavy (non-hydrogen) atoms. The largest absolute Gasteiger partial charge is 0.309 e. The Labute approximate surface area is 313 Å². The first kappa shape index (κ1) is 30.5. The summed E-state index contributed by atoms with van der Waals surface area (Å²) in [5, 5.41) is 6.32. The second kappa shape index (κ2) is 11.7. The molecule has 0 N–H and O–H groups in total. The molecule has 0 spiro atoms. The fraction of sp³-hybridized carbons (Fsp3) is 0. The molecule has 11 rings (SSSR count). The molecule has 0 bridgehead atoms. The summed E-state index contributed by atoms with van der Waals surface area (Å²) in [6.45, 7) is 8.53. The Morgan fingerprint density at radius 3 is 1.69 bits per heavy atom. The number of hydrogen-bond acceptors (Lipinski definition) is 0. The summed E-state index contributed by atoms with van der Waals surface area (Å²) in [6.07, 6.45) is 3.92. The van der Waals surface area contributed by atoms with Crippen molar-refractivity contribution >= 4 is 55.6 Å². The van der Waals surface area contributed by atoms with E-state index >= 15 is 0 Å². The molecule has 8 aromatic carbocycles. The van der Waals surface area contributed by atoms with Crippen molar-refractivity contribution in [2.24, 2.45) is 0 Å². The van der Waals surface area contributed by atoms with E-state index in [1.807, 2.05) is 12.2 Å². The van der Waals surface area contributed by atoms with E-state index < -0.39 is 0 Å². The van der Waals surface area contributed by atoms with E-state index in [4.69, 9.17) is 0 Å². The number of para-hydroxylation sites is 1. The second-order valence-corrected chi connectivity index (χ2v) is 14.2. The molecule has 0 aliphatic heterocycles. The van der Waals surface area contributed by atoms with Gasteiger partial charge in [0.2, 0.25) is 0 Å². The minimum Gasteiger partial charge on any atom is -0.309 e. The van der Waals surface area contributed by atoms with Gasteiger partial charge in [-0.25, -0.2) is 0 Å². The zero-order chi connectivity index (χ0) is 35.9. The zero-order valence-electron chi connectivity index (χ0n) is 29.6. The number of benzene rings is 8. The van der Waals surface area contributed by atoms with Crippen LogP contribution >= 0.6 is 0 Å². The summed E-state index contributed by atoms with van der Waals surface area (Å²) in [5.41, 5.74) is 17.9. The summed E-state index contributed by atoms with van der Waals surface area (Å²) >= 11 is 0. The van der Waals surface area contributed by atoms with Crippen molar-refractivity contribution in [3.8, 4) is 55.9 Å². The number of rotatable bonds is 6. The third-order valence-corrected chi connectivity index (χ3v) is 11.4. The normalized spacial score (nSPS) is 11.9. The smallest absolute Gasteiger partial charge is 0.0553 e. The van der Waals surface area contributed by atoms with Crippen molar-refractivity contribution in [3.63, 3.8) is 0 Å². The first-order chi connectivity index (χ1) is 26.7. The van der Waals surface area contributed by atoms with Crippen LogP contribution in [-0.4, -0.2) is 9.13 Å². The lowest BCUT2D eigenvalue weighted by Gasteiger charge is -2.12. The van der Waals surface area contributed by atoms with Gasteiger partial charge < -0.3 is 9.13 Å². The Morgan fingerprint density at radius 1 is 0.352 bits per heavy atom. The van der Waals surface area contributed by atoms with Crippen LogP contribution in [0.3, 0.4) is 0 Å². The van der Waals surface area contributed by atoms with E-state index in [0.29, 0.717) is 0 Å². The molecule has 0 unspecified atom stereocenters. The van der Waals surface area contributed by atoms with Crippen molar-refractivity contribution in [2.45, 2.75) is 0 Å². The predicted molar refractivity (Wildman–Crippen MR) is 231 cm³/mol. The first-order valence-electron chi connectivity index (χ1n) is 18.5. The number of fused-ring (bicyclic) bond motifs is 8. The molecule has 10 aromatic rings. The van der Waals surface area contributed by atoms with Gasteiger partial charge in [0.25, 0.3) is 0 Å². The third kappa shape index (κ3) is 4.28. The Balaban J connectivity index is 1.14. The van der Waals surface area contributed by atoms with Gasteiger partial charge in [-0.2, -0.15) is 0 Å². The summed E-state index contributed by atoms with van der Waals surface area (Å²) in [6, 6.07) is 61.9. The Bertz CT molecular complexity index is 3170. The minimum atomic E-state index is 1.04. The van der Waals surface area contributed by atoms with Crippen LogP contribution < -0.4 is 0 Å². The Hall–Kier alpha value is -7.16. The fourth-order valence-electron chi connectivity index (χ4n) is 9.08. The van der Waals surface area contributed by atoms with E-state index in [0.717, 1.165) is 39.1 Å². The Kier molecular flexibility index (Phi) is 6.59. The van der Waals surface area contributed by atoms with E-state index in [1.165, 1.54) is 71.5 Å². The standard InChI is InChI=1S/C52H34N2/c1-3-39-44-30-35(25-27-48(44)54(47(39)4-2)38-20-13-17-34(29-38)33-15-7-5-8-16-33)36-26-28-49-46(31-36)52-43-24-14-23-42-40-21-11-12-22-41(40)45(51(42)43)32-50(52)53(49)37-18-9-6-10-19-37/h3-32H,1-2H2. The van der Waals surface area contributed by atoms with Crippen molar-refractivity contribution in [3.05, 3.63) is 194 Å². The molecule has 0 fully saturated rings. The van der Waals surface area contributed by atoms with Crippen LogP contribution in [0.2, 0.25) is 0 Å². The van der Waals surface area contributed by atoms with Gasteiger partial charge in [-0.3, -0.25) is 0 Å². The van der Waals surface area contributed by atoms with Gasteiger partial charge in [-0.05, 0) is 116 Å². The highest BCUT2D eigenvalue weighted by Crippen LogP contribution is 2.51. The highest BCUT2D eigenvalue weighted by atomic mass is 15.0. The maximum absolute atomic E-state index is 4.27. The molecule has 0 saturated carbocycles. The molecular weight excluding hydrogens is 653 g/mol. The van der Waals surface area contributed by atoms with Gasteiger partial charge in [0.15, 0.2) is 0 Å². The molecule has 0 amide bonds. The third-order valence-electron chi connectivity index (χ3n) is 11.4. The van der Waals surface area contributed by atoms with Gasteiger partial charge in [0, 0.05) is 33.1 Å². The van der Waals surface area contributed by atoms with Crippen molar-refractivity contribution in [1.29, 1.82) is 0 Å². The van der Waals surface area contributed by atoms with Crippen molar-refractivity contribution in [2.75, 3.05) is 0 Å². The second-order valence-electron chi connectivity index (χ2n) is 14.2. The molecule has 2 heterocycles. The lowest BCUT2D eigenvalue weighted by Crippen LogP contribution is -1.97. The number of nitrogens with zero attached hydrogens (tertiary/aromatic N) is 2. The molecule has 1 aliphatic rings. The first-order valence-corrected chi connectivity index (χ1v) is 18.5. The zero-order valence-corrected chi connectivity index (χ0v) is 29.6. The minimum absolute atomic E-state index is 1.04. The molecule has 2 aromatic heterocycles. The van der Waals surface area contributed by atoms with Crippen molar-refractivity contribution < 1.29 is 0 Å². The lowest BCUT2D eigenvalue weighted by atomic mass is 9.96. The van der Waals surface area contributed by atoms with Crippen molar-refractivity contribution in [1.82, 2.24) is 9.13 Å². The molecule has 2 heteroatoms. The summed E-state index contributed by atoms with van der Waals surface area (Å²) in [4.78, 5) is 0. The molecule has 0 atom stereocenters. The van der Waals surface area contributed by atoms with Gasteiger partial charge in [0.05, 0.1) is 22.2 Å². The summed E-state index contributed by atoms with van der Waals surface area (Å²) < 4.78 is 4.75. The summed E-state index contributed by atoms with van der Waals surface area (Å²) in [7, 11) is 0. The highest BCUT2D eigenvalue weighted by molar-refractivity contribution is 6.29. The fourth-order valence-corrected chi connectivity index (χ4v) is 9.08. The molecular formula is C52H34N2. The average molecular weight is 687 g/mol. The van der Waals surface area contributed by atoms with Crippen LogP contribution in [0, 0.1) is 0 Å². The maximum Gasteiger partial charge on any atom is 0.0553 e. The van der Waals surface area contributed by atoms with Crippen LogP contribution in [0.25, 0.3) is 112 Å². The summed E-state index contributed by atoms with van der Waals surface area (Å²) in [5.74, 6) is 0. The Morgan fingerprint density at radius 2 is 0.944 bits per heavy atom. The number of aromatic nitrogens is 2. The maximum atomic E-state index is 4.27. The molecule has 0 radical (unpaired) electrons. The van der Waals surface area contributed by atoms with Gasteiger partial charge in [-0.1, -0.05) is 134 Å². The van der Waals surface area contributed by atoms with E-state index in [-0.39, 0.29) is 0 Å². The van der Waals surface area contributed by atoms with Crippen LogP contribution in [0.15, 0.2) is 183 Å².